The summed E-state index contributed by atoms with van der Waals surface area (Å²) in [6.07, 6.45) is 0.741. The number of nitrogens with one attached hydrogen (secondary N) is 2. The van der Waals surface area contributed by atoms with Crippen molar-refractivity contribution in [3.8, 4) is 0 Å². The van der Waals surface area contributed by atoms with E-state index in [1.165, 1.54) is 0 Å². The molecule has 2 N–H and O–H groups in total. The molecule has 5 heteroatoms. The molecule has 2 aromatic rings. The normalized spacial score (nSPS) is 16.8. The van der Waals surface area contributed by atoms with Crippen molar-refractivity contribution in [2.24, 2.45) is 0 Å². The van der Waals surface area contributed by atoms with Gasteiger partial charge in [0.25, 0.3) is 0 Å². The third-order valence-corrected chi connectivity index (χ3v) is 4.24. The molecule has 0 bridgehead atoms. The lowest BCUT2D eigenvalue weighted by Crippen LogP contribution is -2.27. The molecule has 0 spiro atoms. The molecule has 0 fully saturated rings. The number of carbonyl (C=O) groups is 1. The molecule has 0 aliphatic carbocycles. The van der Waals surface area contributed by atoms with E-state index in [4.69, 9.17) is 23.2 Å². The van der Waals surface area contributed by atoms with E-state index in [9.17, 15) is 4.79 Å². The highest BCUT2D eigenvalue weighted by Crippen LogP contribution is 2.35. The highest BCUT2D eigenvalue weighted by Gasteiger charge is 2.26. The average Bonchev–Trinajstić information content (AvgIpc) is 2.50. The molecule has 0 radical (unpaired) electrons. The predicted octanol–water partition coefficient (Wildman–Crippen LogP) is 4.53. The van der Waals surface area contributed by atoms with Gasteiger partial charge in [-0.25, -0.2) is 0 Å². The molecule has 2 aromatic carbocycles. The van der Waals surface area contributed by atoms with Gasteiger partial charge in [-0.05, 0) is 30.2 Å². The fourth-order valence-electron chi connectivity index (χ4n) is 2.57. The summed E-state index contributed by atoms with van der Waals surface area (Å²) < 4.78 is 0. The van der Waals surface area contributed by atoms with Crippen LogP contribution in [0, 0.1) is 0 Å². The number of anilines is 2. The fourth-order valence-corrected chi connectivity index (χ4v) is 3.06. The van der Waals surface area contributed by atoms with Gasteiger partial charge in [-0.2, -0.15) is 0 Å². The highest BCUT2D eigenvalue weighted by atomic mass is 35.5. The minimum Gasteiger partial charge on any atom is -0.385 e. The second kappa shape index (κ2) is 5.96. The van der Waals surface area contributed by atoms with Crippen LogP contribution in [0.5, 0.6) is 0 Å². The summed E-state index contributed by atoms with van der Waals surface area (Å²) >= 11 is 12.2. The summed E-state index contributed by atoms with van der Waals surface area (Å²) in [6, 6.07) is 13.0. The predicted molar refractivity (Wildman–Crippen MR) is 87.4 cm³/mol. The van der Waals surface area contributed by atoms with Gasteiger partial charge in [0, 0.05) is 12.2 Å². The van der Waals surface area contributed by atoms with Crippen LogP contribution in [0.15, 0.2) is 42.5 Å². The Bertz CT molecular complexity index is 667. The summed E-state index contributed by atoms with van der Waals surface area (Å²) in [5, 5.41) is 7.05. The summed E-state index contributed by atoms with van der Waals surface area (Å²) in [5.74, 6) is -0.284. The number of hydrogen-bond acceptors (Lipinski definition) is 2. The van der Waals surface area contributed by atoms with Crippen LogP contribution in [-0.4, -0.2) is 12.5 Å². The number of benzene rings is 2. The van der Waals surface area contributed by atoms with E-state index in [1.54, 1.807) is 18.2 Å². The molecule has 1 amide bonds. The molecule has 0 aromatic heterocycles. The maximum Gasteiger partial charge on any atom is 0.232 e. The van der Waals surface area contributed by atoms with Crippen LogP contribution in [-0.2, 0) is 4.79 Å². The van der Waals surface area contributed by atoms with Gasteiger partial charge in [0.05, 0.1) is 21.7 Å². The lowest BCUT2D eigenvalue weighted by molar-refractivity contribution is -0.117. The Labute approximate surface area is 133 Å². The van der Waals surface area contributed by atoms with Crippen molar-refractivity contribution >= 4 is 40.5 Å². The molecule has 1 atom stereocenters. The lowest BCUT2D eigenvalue weighted by Gasteiger charge is -2.26. The molecule has 1 heterocycles. The van der Waals surface area contributed by atoms with Crippen molar-refractivity contribution in [3.63, 3.8) is 0 Å². The third kappa shape index (κ3) is 2.85. The lowest BCUT2D eigenvalue weighted by atomic mass is 9.90. The van der Waals surface area contributed by atoms with Gasteiger partial charge >= 0.3 is 0 Å². The zero-order valence-electron chi connectivity index (χ0n) is 11.2. The maximum absolute atomic E-state index is 12.6. The Morgan fingerprint density at radius 1 is 1.10 bits per heavy atom. The number of hydrogen-bond donors (Lipinski definition) is 2. The van der Waals surface area contributed by atoms with Crippen LogP contribution < -0.4 is 10.6 Å². The van der Waals surface area contributed by atoms with Crippen LogP contribution in [0.2, 0.25) is 10.0 Å². The molecular weight excluding hydrogens is 307 g/mol. The summed E-state index contributed by atoms with van der Waals surface area (Å²) in [7, 11) is 0. The molecule has 1 aliphatic heterocycles. The molecule has 3 rings (SSSR count). The first-order valence-electron chi connectivity index (χ1n) is 6.74. The number of rotatable bonds is 2. The van der Waals surface area contributed by atoms with Crippen molar-refractivity contribution in [2.75, 3.05) is 17.2 Å². The monoisotopic (exact) mass is 320 g/mol. The van der Waals surface area contributed by atoms with Gasteiger partial charge < -0.3 is 10.6 Å². The van der Waals surface area contributed by atoms with E-state index in [-0.39, 0.29) is 11.8 Å². The first-order valence-corrected chi connectivity index (χ1v) is 7.50. The molecule has 1 aliphatic rings. The SMILES string of the molecule is O=C(Nc1c(Cl)cccc1Cl)C1CCNc2ccccc21. The van der Waals surface area contributed by atoms with E-state index < -0.39 is 0 Å². The van der Waals surface area contributed by atoms with Crippen LogP contribution in [0.1, 0.15) is 17.9 Å². The second-order valence-corrected chi connectivity index (χ2v) is 5.76. The Kier molecular flexibility index (Phi) is 4.04. The molecule has 108 valence electrons. The largest absolute Gasteiger partial charge is 0.385 e. The standard InChI is InChI=1S/C16H14Cl2N2O/c17-12-5-3-6-13(18)15(12)20-16(21)11-8-9-19-14-7-2-1-4-10(11)14/h1-7,11,19H,8-9H2,(H,20,21). The van der Waals surface area contributed by atoms with Crippen molar-refractivity contribution < 1.29 is 4.79 Å². The first kappa shape index (κ1) is 14.2. The molecule has 21 heavy (non-hydrogen) atoms. The minimum absolute atomic E-state index is 0.0843. The minimum atomic E-state index is -0.199. The Morgan fingerprint density at radius 2 is 1.81 bits per heavy atom. The van der Waals surface area contributed by atoms with Gasteiger partial charge in [-0.3, -0.25) is 4.79 Å². The van der Waals surface area contributed by atoms with Crippen molar-refractivity contribution in [3.05, 3.63) is 58.1 Å². The van der Waals surface area contributed by atoms with Crippen LogP contribution >= 0.6 is 23.2 Å². The first-order chi connectivity index (χ1) is 10.2. The van der Waals surface area contributed by atoms with Crippen LogP contribution in [0.25, 0.3) is 0 Å². The fraction of sp³-hybridized carbons (Fsp3) is 0.188. The number of carbonyl (C=O) groups excluding carboxylic acids is 1. The molecular formula is C16H14Cl2N2O. The summed E-state index contributed by atoms with van der Waals surface area (Å²) in [5.41, 5.74) is 2.49. The van der Waals surface area contributed by atoms with E-state index in [2.05, 4.69) is 10.6 Å². The summed E-state index contributed by atoms with van der Waals surface area (Å²) in [6.45, 7) is 0.769. The number of halogens is 2. The number of fused-ring (bicyclic) bond motifs is 1. The topological polar surface area (TPSA) is 41.1 Å². The van der Waals surface area contributed by atoms with Gasteiger partial charge in [0.1, 0.15) is 0 Å². The number of amides is 1. The molecule has 1 unspecified atom stereocenters. The molecule has 3 nitrogen and oxygen atoms in total. The van der Waals surface area contributed by atoms with Gasteiger partial charge in [0.2, 0.25) is 5.91 Å². The zero-order valence-corrected chi connectivity index (χ0v) is 12.7. The highest BCUT2D eigenvalue weighted by molar-refractivity contribution is 6.39. The third-order valence-electron chi connectivity index (χ3n) is 3.61. The zero-order chi connectivity index (χ0) is 14.8. The van der Waals surface area contributed by atoms with Crippen LogP contribution in [0.4, 0.5) is 11.4 Å². The van der Waals surface area contributed by atoms with Crippen molar-refractivity contribution in [1.82, 2.24) is 0 Å². The van der Waals surface area contributed by atoms with E-state index in [0.29, 0.717) is 15.7 Å². The smallest absolute Gasteiger partial charge is 0.232 e. The maximum atomic E-state index is 12.6. The van der Waals surface area contributed by atoms with Gasteiger partial charge in [-0.1, -0.05) is 47.5 Å². The Morgan fingerprint density at radius 3 is 2.57 bits per heavy atom. The van der Waals surface area contributed by atoms with E-state index in [0.717, 1.165) is 24.2 Å². The second-order valence-electron chi connectivity index (χ2n) is 4.94. The summed E-state index contributed by atoms with van der Waals surface area (Å²) in [4.78, 5) is 12.6. The quantitative estimate of drug-likeness (QED) is 0.853. The van der Waals surface area contributed by atoms with Crippen molar-refractivity contribution in [2.45, 2.75) is 12.3 Å². The van der Waals surface area contributed by atoms with Crippen molar-refractivity contribution in [1.29, 1.82) is 0 Å². The Hall–Kier alpha value is -1.71. The van der Waals surface area contributed by atoms with Gasteiger partial charge in [0.15, 0.2) is 0 Å². The number of para-hydroxylation sites is 2. The average molecular weight is 321 g/mol. The van der Waals surface area contributed by atoms with E-state index in [1.807, 2.05) is 24.3 Å². The molecule has 0 saturated carbocycles. The van der Waals surface area contributed by atoms with Gasteiger partial charge in [-0.15, -0.1) is 0 Å². The van der Waals surface area contributed by atoms with Crippen LogP contribution in [0.3, 0.4) is 0 Å². The molecule has 0 saturated heterocycles. The van der Waals surface area contributed by atoms with E-state index >= 15 is 0 Å². The Balaban J connectivity index is 1.87.